The third-order valence-corrected chi connectivity index (χ3v) is 5.71. The van der Waals surface area contributed by atoms with E-state index in [-0.39, 0.29) is 23.8 Å². The number of fused-ring (bicyclic) bond motifs is 1. The monoisotopic (exact) mass is 448 g/mol. The number of ether oxygens (including phenoxy) is 2. The van der Waals surface area contributed by atoms with Gasteiger partial charge in [0.05, 0.1) is 27.1 Å². The van der Waals surface area contributed by atoms with E-state index in [0.717, 1.165) is 5.56 Å². The number of carbonyl (C=O) groups is 3. The molecule has 1 aromatic heterocycles. The molecular formula is C24H24N4O5. The van der Waals surface area contributed by atoms with Gasteiger partial charge < -0.3 is 19.4 Å². The van der Waals surface area contributed by atoms with Gasteiger partial charge in [0.25, 0.3) is 5.91 Å². The summed E-state index contributed by atoms with van der Waals surface area (Å²) in [5.74, 6) is -0.973. The van der Waals surface area contributed by atoms with Crippen LogP contribution >= 0.6 is 0 Å². The number of nitrogens with zero attached hydrogens (tertiary/aromatic N) is 3. The summed E-state index contributed by atoms with van der Waals surface area (Å²) in [6.07, 6.45) is 1.38. The van der Waals surface area contributed by atoms with Crippen LogP contribution in [0.4, 0.5) is 5.69 Å². The lowest BCUT2D eigenvalue weighted by Crippen LogP contribution is -2.64. The minimum Gasteiger partial charge on any atom is -0.497 e. The summed E-state index contributed by atoms with van der Waals surface area (Å²) >= 11 is 0. The Bertz CT molecular complexity index is 1190. The van der Waals surface area contributed by atoms with Crippen LogP contribution in [0.1, 0.15) is 33.5 Å². The van der Waals surface area contributed by atoms with E-state index in [1.54, 1.807) is 38.3 Å². The minimum absolute atomic E-state index is 0.0750. The zero-order valence-corrected chi connectivity index (χ0v) is 18.6. The van der Waals surface area contributed by atoms with Crippen molar-refractivity contribution in [2.45, 2.75) is 25.6 Å². The number of aromatic nitrogens is 2. The largest absolute Gasteiger partial charge is 0.497 e. The van der Waals surface area contributed by atoms with E-state index in [9.17, 15) is 14.4 Å². The third-order valence-electron chi connectivity index (χ3n) is 5.71. The number of amides is 2. The van der Waals surface area contributed by atoms with Crippen molar-refractivity contribution in [3.8, 4) is 5.75 Å². The van der Waals surface area contributed by atoms with E-state index in [1.165, 1.54) is 22.9 Å². The summed E-state index contributed by atoms with van der Waals surface area (Å²) in [6, 6.07) is 16.3. The number of hydrogen-bond donors (Lipinski definition) is 1. The van der Waals surface area contributed by atoms with Crippen LogP contribution in [0.15, 0.2) is 60.9 Å². The van der Waals surface area contributed by atoms with Gasteiger partial charge in [-0.25, -0.2) is 9.78 Å². The molecule has 1 N–H and O–H groups in total. The van der Waals surface area contributed by atoms with Crippen LogP contribution in [0.3, 0.4) is 0 Å². The van der Waals surface area contributed by atoms with E-state index in [1.807, 2.05) is 30.3 Å². The lowest BCUT2D eigenvalue weighted by atomic mass is 9.93. The van der Waals surface area contributed by atoms with Crippen LogP contribution in [0.2, 0.25) is 0 Å². The Morgan fingerprint density at radius 1 is 1.09 bits per heavy atom. The van der Waals surface area contributed by atoms with E-state index >= 15 is 0 Å². The molecule has 0 aliphatic carbocycles. The topological polar surface area (TPSA) is 103 Å². The Morgan fingerprint density at radius 2 is 1.79 bits per heavy atom. The van der Waals surface area contributed by atoms with E-state index in [4.69, 9.17) is 9.47 Å². The highest BCUT2D eigenvalue weighted by Crippen LogP contribution is 2.34. The van der Waals surface area contributed by atoms with Crippen LogP contribution < -0.4 is 15.0 Å². The maximum atomic E-state index is 13.7. The van der Waals surface area contributed by atoms with Crippen molar-refractivity contribution >= 4 is 23.5 Å². The third kappa shape index (κ3) is 3.93. The number of rotatable bonds is 6. The van der Waals surface area contributed by atoms with Gasteiger partial charge in [0.1, 0.15) is 17.0 Å². The van der Waals surface area contributed by atoms with Crippen LogP contribution in [0.5, 0.6) is 5.75 Å². The quantitative estimate of drug-likeness (QED) is 0.581. The molecule has 0 saturated carbocycles. The molecule has 33 heavy (non-hydrogen) atoms. The predicted octanol–water partition coefficient (Wildman–Crippen LogP) is 2.41. The summed E-state index contributed by atoms with van der Waals surface area (Å²) in [5.41, 5.74) is 0.116. The first-order valence-corrected chi connectivity index (χ1v) is 10.3. The smallest absolute Gasteiger partial charge is 0.359 e. The Kier molecular flexibility index (Phi) is 5.87. The number of esters is 1. The van der Waals surface area contributed by atoms with Crippen LogP contribution in [0.25, 0.3) is 0 Å². The maximum absolute atomic E-state index is 13.7. The molecule has 2 aromatic carbocycles. The number of anilines is 1. The second kappa shape index (κ2) is 8.78. The lowest BCUT2D eigenvalue weighted by Gasteiger charge is -2.43. The normalized spacial score (nSPS) is 17.3. The van der Waals surface area contributed by atoms with Gasteiger partial charge in [-0.15, -0.1) is 0 Å². The first-order chi connectivity index (χ1) is 15.9. The molecule has 1 aliphatic rings. The molecule has 4 rings (SSSR count). The molecular weight excluding hydrogens is 424 g/mol. The van der Waals surface area contributed by atoms with Gasteiger partial charge in [-0.3, -0.25) is 14.5 Å². The molecule has 0 bridgehead atoms. The average molecular weight is 448 g/mol. The number of methoxy groups -OCH3 is 2. The molecule has 9 heteroatoms. The Balaban J connectivity index is 1.75. The standard InChI is InChI=1S/C24H24N4O5/c1-24(23(31)25-13-16-7-5-4-6-8-16)14-27-15-26-19(22(30)33-3)20(27)21(29)28(24)17-9-11-18(32-2)12-10-17/h4-12,15H,13-14H2,1-3H3,(H,25,31)/t24-/m1/s1. The van der Waals surface area contributed by atoms with Crippen molar-refractivity contribution in [1.82, 2.24) is 14.9 Å². The van der Waals surface area contributed by atoms with Crippen LogP contribution in [0, 0.1) is 0 Å². The van der Waals surface area contributed by atoms with Gasteiger partial charge in [0.2, 0.25) is 5.91 Å². The Morgan fingerprint density at radius 3 is 2.42 bits per heavy atom. The molecule has 0 fully saturated rings. The number of hydrogen-bond acceptors (Lipinski definition) is 6. The first-order valence-electron chi connectivity index (χ1n) is 10.3. The summed E-state index contributed by atoms with van der Waals surface area (Å²) in [5, 5.41) is 2.94. The van der Waals surface area contributed by atoms with Gasteiger partial charge in [-0.2, -0.15) is 0 Å². The van der Waals surface area contributed by atoms with Crippen molar-refractivity contribution in [1.29, 1.82) is 0 Å². The highest BCUT2D eigenvalue weighted by Gasteiger charge is 2.49. The summed E-state index contributed by atoms with van der Waals surface area (Å²) < 4.78 is 11.5. The second-order valence-electron chi connectivity index (χ2n) is 7.84. The van der Waals surface area contributed by atoms with Crippen LogP contribution in [-0.2, 0) is 22.6 Å². The fourth-order valence-corrected chi connectivity index (χ4v) is 3.98. The molecule has 0 radical (unpaired) electrons. The fraction of sp³-hybridized carbons (Fsp3) is 0.250. The molecule has 3 aromatic rings. The SMILES string of the molecule is COC(=O)c1ncn2c1C(=O)N(c1ccc(OC)cc1)[C@@](C)(C(=O)NCc1ccccc1)C2. The maximum Gasteiger partial charge on any atom is 0.359 e. The number of nitrogens with one attached hydrogen (secondary N) is 1. The number of carbonyl (C=O) groups excluding carboxylic acids is 3. The van der Waals surface area contributed by atoms with Crippen LogP contribution in [-0.4, -0.2) is 47.1 Å². The fourth-order valence-electron chi connectivity index (χ4n) is 3.98. The van der Waals surface area contributed by atoms with E-state index < -0.39 is 17.4 Å². The number of benzene rings is 2. The summed E-state index contributed by atoms with van der Waals surface area (Å²) in [4.78, 5) is 44.9. The molecule has 1 atom stereocenters. The molecule has 9 nitrogen and oxygen atoms in total. The second-order valence-corrected chi connectivity index (χ2v) is 7.84. The molecule has 0 spiro atoms. The highest BCUT2D eigenvalue weighted by atomic mass is 16.5. The van der Waals surface area contributed by atoms with Crippen molar-refractivity contribution in [3.05, 3.63) is 77.9 Å². The predicted molar refractivity (Wildman–Crippen MR) is 120 cm³/mol. The molecule has 0 unspecified atom stereocenters. The van der Waals surface area contributed by atoms with Crippen molar-refractivity contribution < 1.29 is 23.9 Å². The summed E-state index contributed by atoms with van der Waals surface area (Å²) in [7, 11) is 2.77. The van der Waals surface area contributed by atoms with E-state index in [0.29, 0.717) is 18.0 Å². The zero-order valence-electron chi connectivity index (χ0n) is 18.6. The van der Waals surface area contributed by atoms with Gasteiger partial charge in [-0.05, 0) is 36.8 Å². The van der Waals surface area contributed by atoms with Crippen molar-refractivity contribution in [2.75, 3.05) is 19.1 Å². The highest BCUT2D eigenvalue weighted by molar-refractivity contribution is 6.15. The minimum atomic E-state index is -1.29. The Labute approximate surface area is 190 Å². The zero-order chi connectivity index (χ0) is 23.6. The van der Waals surface area contributed by atoms with Crippen molar-refractivity contribution in [3.63, 3.8) is 0 Å². The Hall–Kier alpha value is -4.14. The molecule has 2 amide bonds. The lowest BCUT2D eigenvalue weighted by molar-refractivity contribution is -0.126. The average Bonchev–Trinajstić information content (AvgIpc) is 3.26. The molecule has 1 aliphatic heterocycles. The molecule has 0 saturated heterocycles. The van der Waals surface area contributed by atoms with Crippen molar-refractivity contribution in [2.24, 2.45) is 0 Å². The van der Waals surface area contributed by atoms with Gasteiger partial charge in [0.15, 0.2) is 5.69 Å². The molecule has 170 valence electrons. The van der Waals surface area contributed by atoms with Gasteiger partial charge in [0, 0.05) is 12.2 Å². The van der Waals surface area contributed by atoms with Gasteiger partial charge >= 0.3 is 5.97 Å². The first kappa shape index (κ1) is 22.1. The van der Waals surface area contributed by atoms with Gasteiger partial charge in [-0.1, -0.05) is 30.3 Å². The number of imidazole rings is 1. The molecule has 2 heterocycles. The van der Waals surface area contributed by atoms with E-state index in [2.05, 4.69) is 10.3 Å². The summed E-state index contributed by atoms with van der Waals surface area (Å²) in [6.45, 7) is 2.10.